The second kappa shape index (κ2) is 9.15. The zero-order valence-electron chi connectivity index (χ0n) is 10.8. The topological polar surface area (TPSA) is 103 Å². The average molecular weight is 295 g/mol. The molecule has 0 aliphatic carbocycles. The molecule has 0 spiro atoms. The monoisotopic (exact) mass is 294 g/mol. The van der Waals surface area contributed by atoms with Gasteiger partial charge in [-0.1, -0.05) is 0 Å². The molecular weight excluding hydrogens is 280 g/mol. The van der Waals surface area contributed by atoms with Gasteiger partial charge in [-0.2, -0.15) is 5.10 Å². The quantitative estimate of drug-likeness (QED) is 0.250. The molecule has 1 atom stereocenters. The molecule has 0 aliphatic rings. The summed E-state index contributed by atoms with van der Waals surface area (Å²) in [5, 5.41) is 1.91. The molecule has 108 valence electrons. The van der Waals surface area contributed by atoms with E-state index in [2.05, 4.69) is 19.3 Å². The Hall–Kier alpha value is -1.83. The lowest BCUT2D eigenvalue weighted by atomic mass is 10.2. The fraction of sp³-hybridized carbons (Fsp3) is 0.600. The molecule has 0 heterocycles. The minimum absolute atomic E-state index is 0.0580. The number of nitrogens with zero attached hydrogens (tertiary/aromatic N) is 1. The van der Waals surface area contributed by atoms with Crippen LogP contribution in [0, 0.1) is 0 Å². The third kappa shape index (κ3) is 6.05. The molecule has 0 saturated heterocycles. The van der Waals surface area contributed by atoms with Crippen LogP contribution in [0.5, 0.6) is 0 Å². The number of hydrogen-bond donors (Lipinski definition) is 1. The third-order valence-corrected chi connectivity index (χ3v) is 2.06. The predicted molar refractivity (Wildman–Crippen MR) is 65.9 cm³/mol. The van der Waals surface area contributed by atoms with Gasteiger partial charge in [-0.05, 0) is 13.8 Å². The first-order valence-electron chi connectivity index (χ1n) is 5.37. The molecule has 19 heavy (non-hydrogen) atoms. The van der Waals surface area contributed by atoms with E-state index in [0.29, 0.717) is 0 Å². The van der Waals surface area contributed by atoms with Crippen molar-refractivity contribution in [2.24, 2.45) is 5.10 Å². The van der Waals surface area contributed by atoms with Crippen LogP contribution in [-0.2, 0) is 23.8 Å². The highest BCUT2D eigenvalue weighted by Crippen LogP contribution is 2.05. The van der Waals surface area contributed by atoms with Crippen molar-refractivity contribution in [1.29, 1.82) is 0 Å². The molecule has 0 bridgehead atoms. The lowest BCUT2D eigenvalue weighted by molar-refractivity contribution is -0.143. The smallest absolute Gasteiger partial charge is 0.427 e. The van der Waals surface area contributed by atoms with Gasteiger partial charge in [0.2, 0.25) is 0 Å². The lowest BCUT2D eigenvalue weighted by Gasteiger charge is -2.11. The van der Waals surface area contributed by atoms with Crippen molar-refractivity contribution in [3.05, 3.63) is 0 Å². The molecule has 1 amide bonds. The first-order valence-corrected chi connectivity index (χ1v) is 5.80. The molecular formula is C10H15ClN2O6. The maximum atomic E-state index is 11.6. The Kier molecular flexibility index (Phi) is 8.27. The van der Waals surface area contributed by atoms with E-state index in [1.807, 2.05) is 5.43 Å². The summed E-state index contributed by atoms with van der Waals surface area (Å²) in [5.41, 5.74) is 1.39. The van der Waals surface area contributed by atoms with Crippen LogP contribution in [-0.4, -0.2) is 49.4 Å². The first kappa shape index (κ1) is 17.2. The van der Waals surface area contributed by atoms with Crippen LogP contribution in [0.1, 0.15) is 13.8 Å². The average Bonchev–Trinajstić information content (AvgIpc) is 2.38. The summed E-state index contributed by atoms with van der Waals surface area (Å²) < 4.78 is 13.6. The van der Waals surface area contributed by atoms with E-state index < -0.39 is 29.1 Å². The predicted octanol–water partition coefficient (Wildman–Crippen LogP) is 0.432. The molecule has 0 radical (unpaired) electrons. The first-order chi connectivity index (χ1) is 8.97. The molecule has 0 aliphatic heterocycles. The fourth-order valence-electron chi connectivity index (χ4n) is 0.889. The van der Waals surface area contributed by atoms with Crippen molar-refractivity contribution in [2.45, 2.75) is 19.2 Å². The van der Waals surface area contributed by atoms with Gasteiger partial charge in [0.1, 0.15) is 0 Å². The van der Waals surface area contributed by atoms with Gasteiger partial charge in [-0.15, -0.1) is 11.6 Å². The number of esters is 2. The number of rotatable bonds is 6. The minimum Gasteiger partial charge on any atom is -0.465 e. The van der Waals surface area contributed by atoms with E-state index in [0.717, 1.165) is 7.11 Å². The number of hydrogen-bond acceptors (Lipinski definition) is 7. The van der Waals surface area contributed by atoms with Gasteiger partial charge in [-0.3, -0.25) is 4.79 Å². The van der Waals surface area contributed by atoms with Gasteiger partial charge in [-0.25, -0.2) is 15.0 Å². The van der Waals surface area contributed by atoms with E-state index in [1.165, 1.54) is 0 Å². The van der Waals surface area contributed by atoms with Crippen LogP contribution in [0.25, 0.3) is 0 Å². The Morgan fingerprint density at radius 3 is 2.26 bits per heavy atom. The highest BCUT2D eigenvalue weighted by molar-refractivity contribution is 6.55. The van der Waals surface area contributed by atoms with Crippen LogP contribution >= 0.6 is 11.6 Å². The Morgan fingerprint density at radius 1 is 1.21 bits per heavy atom. The molecule has 0 fully saturated rings. The van der Waals surface area contributed by atoms with Crippen LogP contribution in [0.15, 0.2) is 5.10 Å². The standard InChI is InChI=1S/C10H15ClN2O6/c1-4-18-8(14)6(11)7(9(15)19-5-2)12-13-10(16)17-3/h6H,4-5H2,1-3H3,(H,13,16). The molecule has 9 heteroatoms. The van der Waals surface area contributed by atoms with Gasteiger partial charge in [0.15, 0.2) is 11.1 Å². The molecule has 0 rings (SSSR count). The summed E-state index contributed by atoms with van der Waals surface area (Å²) in [6.07, 6.45) is -0.922. The van der Waals surface area contributed by atoms with Crippen molar-refractivity contribution in [3.63, 3.8) is 0 Å². The molecule has 1 unspecified atom stereocenters. The number of methoxy groups -OCH3 is 1. The molecule has 8 nitrogen and oxygen atoms in total. The number of amides is 1. The normalized spacial score (nSPS) is 12.3. The zero-order valence-corrected chi connectivity index (χ0v) is 11.5. The van der Waals surface area contributed by atoms with Gasteiger partial charge in [0.05, 0.1) is 20.3 Å². The van der Waals surface area contributed by atoms with Crippen LogP contribution in [0.3, 0.4) is 0 Å². The van der Waals surface area contributed by atoms with Crippen LogP contribution in [0.2, 0.25) is 0 Å². The second-order valence-electron chi connectivity index (χ2n) is 2.94. The van der Waals surface area contributed by atoms with Crippen molar-refractivity contribution in [2.75, 3.05) is 20.3 Å². The zero-order chi connectivity index (χ0) is 14.8. The number of alkyl halides is 1. The number of hydrazone groups is 1. The second-order valence-corrected chi connectivity index (χ2v) is 3.37. The molecule has 0 aromatic carbocycles. The number of nitrogens with one attached hydrogen (secondary N) is 1. The van der Waals surface area contributed by atoms with Crippen LogP contribution in [0.4, 0.5) is 4.79 Å². The SMILES string of the molecule is CCOC(=O)C(=NNC(=O)OC)C(Cl)C(=O)OCC. The summed E-state index contributed by atoms with van der Waals surface area (Å²) in [5.74, 6) is -1.81. The Morgan fingerprint density at radius 2 is 1.79 bits per heavy atom. The van der Waals surface area contributed by atoms with Crippen molar-refractivity contribution < 1.29 is 28.6 Å². The summed E-state index contributed by atoms with van der Waals surface area (Å²) >= 11 is 5.74. The maximum Gasteiger partial charge on any atom is 0.427 e. The van der Waals surface area contributed by atoms with E-state index in [1.54, 1.807) is 13.8 Å². The largest absolute Gasteiger partial charge is 0.465 e. The third-order valence-electron chi connectivity index (χ3n) is 1.67. The van der Waals surface area contributed by atoms with Crippen molar-refractivity contribution in [3.8, 4) is 0 Å². The van der Waals surface area contributed by atoms with Gasteiger partial charge >= 0.3 is 18.0 Å². The highest BCUT2D eigenvalue weighted by Gasteiger charge is 2.30. The summed E-state index contributed by atoms with van der Waals surface area (Å²) in [6, 6.07) is 0. The van der Waals surface area contributed by atoms with E-state index in [-0.39, 0.29) is 13.2 Å². The number of halogens is 1. The highest BCUT2D eigenvalue weighted by atomic mass is 35.5. The van der Waals surface area contributed by atoms with Crippen molar-refractivity contribution >= 4 is 35.3 Å². The van der Waals surface area contributed by atoms with Gasteiger partial charge in [0, 0.05) is 0 Å². The summed E-state index contributed by atoms with van der Waals surface area (Å²) in [7, 11) is 1.11. The van der Waals surface area contributed by atoms with E-state index in [9.17, 15) is 14.4 Å². The van der Waals surface area contributed by atoms with Gasteiger partial charge < -0.3 is 14.2 Å². The van der Waals surface area contributed by atoms with E-state index >= 15 is 0 Å². The fourth-order valence-corrected chi connectivity index (χ4v) is 1.09. The maximum absolute atomic E-state index is 11.6. The molecule has 0 saturated carbocycles. The molecule has 1 N–H and O–H groups in total. The number of carbonyl (C=O) groups excluding carboxylic acids is 3. The summed E-state index contributed by atoms with van der Waals surface area (Å²) in [6.45, 7) is 3.29. The Bertz CT molecular complexity index is 371. The van der Waals surface area contributed by atoms with Crippen LogP contribution < -0.4 is 5.43 Å². The van der Waals surface area contributed by atoms with E-state index in [4.69, 9.17) is 11.6 Å². The summed E-state index contributed by atoms with van der Waals surface area (Å²) in [4.78, 5) is 33.8. The number of carbonyl (C=O) groups is 3. The lowest BCUT2D eigenvalue weighted by Crippen LogP contribution is -2.36. The Labute approximate surface area is 115 Å². The minimum atomic E-state index is -1.49. The molecule has 0 aromatic rings. The molecule has 0 aromatic heterocycles. The Balaban J connectivity index is 4.99. The van der Waals surface area contributed by atoms with Crippen molar-refractivity contribution in [1.82, 2.24) is 5.43 Å². The van der Waals surface area contributed by atoms with Gasteiger partial charge in [0.25, 0.3) is 0 Å². The number of ether oxygens (including phenoxy) is 3.